The maximum absolute atomic E-state index is 12.9. The summed E-state index contributed by atoms with van der Waals surface area (Å²) in [6, 6.07) is 7.45. The molecule has 0 radical (unpaired) electrons. The number of thiazole rings is 1. The van der Waals surface area contributed by atoms with E-state index >= 15 is 0 Å². The third-order valence-electron chi connectivity index (χ3n) is 6.09. The molecule has 2 aromatic heterocycles. The summed E-state index contributed by atoms with van der Waals surface area (Å²) < 4.78 is 6.19. The van der Waals surface area contributed by atoms with Gasteiger partial charge in [-0.2, -0.15) is 0 Å². The third kappa shape index (κ3) is 4.93. The molecule has 8 nitrogen and oxygen atoms in total. The van der Waals surface area contributed by atoms with E-state index in [2.05, 4.69) is 23.8 Å². The zero-order chi connectivity index (χ0) is 23.5. The first-order chi connectivity index (χ1) is 15.9. The molecule has 33 heavy (non-hydrogen) atoms. The Bertz CT molecular complexity index is 1160. The number of methoxy groups -OCH3 is 1. The van der Waals surface area contributed by atoms with Crippen LogP contribution in [0.5, 0.6) is 5.75 Å². The van der Waals surface area contributed by atoms with E-state index in [1.165, 1.54) is 16.2 Å². The van der Waals surface area contributed by atoms with Gasteiger partial charge < -0.3 is 15.4 Å². The Morgan fingerprint density at radius 1 is 1.27 bits per heavy atom. The highest BCUT2D eigenvalue weighted by atomic mass is 32.1. The van der Waals surface area contributed by atoms with Crippen molar-refractivity contribution in [3.8, 4) is 16.9 Å². The number of fused-ring (bicyclic) bond motifs is 1. The van der Waals surface area contributed by atoms with Crippen molar-refractivity contribution in [2.45, 2.75) is 39.2 Å². The van der Waals surface area contributed by atoms with Crippen molar-refractivity contribution < 1.29 is 14.3 Å². The molecule has 1 fully saturated rings. The largest absolute Gasteiger partial charge is 0.495 e. The molecule has 3 amide bonds. The summed E-state index contributed by atoms with van der Waals surface area (Å²) in [5.41, 5.74) is 8.33. The predicted octanol–water partition coefficient (Wildman–Crippen LogP) is 4.29. The number of amides is 3. The highest BCUT2D eigenvalue weighted by molar-refractivity contribution is 7.22. The first-order valence-corrected chi connectivity index (χ1v) is 12.0. The topological polar surface area (TPSA) is 102 Å². The van der Waals surface area contributed by atoms with Crippen molar-refractivity contribution in [3.63, 3.8) is 0 Å². The number of pyridine rings is 1. The zero-order valence-electron chi connectivity index (χ0n) is 19.2. The lowest BCUT2D eigenvalue weighted by atomic mass is 10.0. The number of nitrogens with two attached hydrogens (primary N) is 1. The van der Waals surface area contributed by atoms with Crippen molar-refractivity contribution in [3.05, 3.63) is 36.7 Å². The monoisotopic (exact) mass is 467 g/mol. The highest BCUT2D eigenvalue weighted by Crippen LogP contribution is 2.33. The molecule has 174 valence electrons. The number of hydrogen-bond acceptors (Lipinski definition) is 6. The van der Waals surface area contributed by atoms with Crippen molar-refractivity contribution in [1.82, 2.24) is 14.9 Å². The van der Waals surface area contributed by atoms with E-state index in [1.54, 1.807) is 19.5 Å². The van der Waals surface area contributed by atoms with E-state index in [-0.39, 0.29) is 24.9 Å². The summed E-state index contributed by atoms with van der Waals surface area (Å²) >= 11 is 1.38. The number of urea groups is 1. The normalized spacial score (nSPS) is 15.9. The smallest absolute Gasteiger partial charge is 0.321 e. The van der Waals surface area contributed by atoms with Gasteiger partial charge in [0, 0.05) is 37.3 Å². The van der Waals surface area contributed by atoms with Gasteiger partial charge in [0.15, 0.2) is 5.13 Å². The molecule has 0 saturated carbocycles. The number of benzene rings is 1. The molecule has 9 heteroatoms. The van der Waals surface area contributed by atoms with Gasteiger partial charge in [-0.05, 0) is 42.5 Å². The van der Waals surface area contributed by atoms with Gasteiger partial charge in [0.1, 0.15) is 5.75 Å². The van der Waals surface area contributed by atoms with Crippen LogP contribution in [0.25, 0.3) is 21.3 Å². The van der Waals surface area contributed by atoms with Gasteiger partial charge in [0.05, 0.1) is 23.5 Å². The Hall–Kier alpha value is -3.20. The highest BCUT2D eigenvalue weighted by Gasteiger charge is 2.31. The van der Waals surface area contributed by atoms with Gasteiger partial charge in [0.25, 0.3) is 0 Å². The summed E-state index contributed by atoms with van der Waals surface area (Å²) in [5.74, 6) is 1.16. The SMILES string of the molecule is COc1cncc(-c2ccc3nc(N(CCC(=O)N4CCCC4C(C)C)C(N)=O)sc3c2)c1. The van der Waals surface area contributed by atoms with Crippen molar-refractivity contribution in [2.75, 3.05) is 25.1 Å². The Morgan fingerprint density at radius 3 is 2.82 bits per heavy atom. The molecule has 1 saturated heterocycles. The van der Waals surface area contributed by atoms with E-state index < -0.39 is 6.03 Å². The molecule has 3 aromatic rings. The van der Waals surface area contributed by atoms with E-state index in [4.69, 9.17) is 10.5 Å². The molecule has 1 aliphatic rings. The lowest BCUT2D eigenvalue weighted by Crippen LogP contribution is -2.42. The molecular formula is C24H29N5O3S. The summed E-state index contributed by atoms with van der Waals surface area (Å²) in [5, 5.41) is 0.494. The molecule has 0 aliphatic carbocycles. The molecule has 0 bridgehead atoms. The Morgan fingerprint density at radius 2 is 2.09 bits per heavy atom. The van der Waals surface area contributed by atoms with Crippen LogP contribution in [0.3, 0.4) is 0 Å². The maximum Gasteiger partial charge on any atom is 0.321 e. The lowest BCUT2D eigenvalue weighted by molar-refractivity contribution is -0.132. The summed E-state index contributed by atoms with van der Waals surface area (Å²) in [4.78, 5) is 37.2. The van der Waals surface area contributed by atoms with Gasteiger partial charge >= 0.3 is 6.03 Å². The number of nitrogens with zero attached hydrogens (tertiary/aromatic N) is 4. The zero-order valence-corrected chi connectivity index (χ0v) is 20.0. The van der Waals surface area contributed by atoms with Crippen LogP contribution in [-0.2, 0) is 4.79 Å². The van der Waals surface area contributed by atoms with E-state index in [0.29, 0.717) is 16.8 Å². The van der Waals surface area contributed by atoms with Crippen molar-refractivity contribution >= 4 is 38.6 Å². The van der Waals surface area contributed by atoms with Crippen LogP contribution in [0.15, 0.2) is 36.7 Å². The molecule has 1 aromatic carbocycles. The fraction of sp³-hybridized carbons (Fsp3) is 0.417. The Kier molecular flexibility index (Phi) is 6.78. The van der Waals surface area contributed by atoms with Crippen LogP contribution in [0, 0.1) is 5.92 Å². The van der Waals surface area contributed by atoms with E-state index in [1.807, 2.05) is 29.2 Å². The van der Waals surface area contributed by atoms with E-state index in [0.717, 1.165) is 40.7 Å². The van der Waals surface area contributed by atoms with Gasteiger partial charge in [-0.15, -0.1) is 0 Å². The second kappa shape index (κ2) is 9.74. The standard InChI is InChI=1S/C24H29N5O3S/c1-15(2)20-5-4-9-28(20)22(30)8-10-29(23(25)31)24-27-19-7-6-16(12-21(19)33-24)17-11-18(32-3)14-26-13-17/h6-7,11-15,20H,4-5,8-10H2,1-3H3,(H2,25,31). The van der Waals surface area contributed by atoms with Crippen LogP contribution >= 0.6 is 11.3 Å². The second-order valence-corrected chi connectivity index (χ2v) is 9.58. The average Bonchev–Trinajstić information content (AvgIpc) is 3.46. The fourth-order valence-electron chi connectivity index (χ4n) is 4.34. The molecule has 1 aliphatic heterocycles. The van der Waals surface area contributed by atoms with E-state index in [9.17, 15) is 9.59 Å². The molecule has 3 heterocycles. The Labute approximate surface area is 197 Å². The predicted molar refractivity (Wildman–Crippen MR) is 131 cm³/mol. The average molecular weight is 468 g/mol. The first-order valence-electron chi connectivity index (χ1n) is 11.1. The van der Waals surface area contributed by atoms with Crippen molar-refractivity contribution in [1.29, 1.82) is 0 Å². The first kappa shape index (κ1) is 23.0. The third-order valence-corrected chi connectivity index (χ3v) is 7.14. The number of hydrogen-bond donors (Lipinski definition) is 1. The number of likely N-dealkylation sites (tertiary alicyclic amines) is 1. The molecular weight excluding hydrogens is 438 g/mol. The molecule has 2 N–H and O–H groups in total. The fourth-order valence-corrected chi connectivity index (χ4v) is 5.38. The number of aromatic nitrogens is 2. The van der Waals surface area contributed by atoms with Crippen LogP contribution in [0.2, 0.25) is 0 Å². The van der Waals surface area contributed by atoms with Crippen LogP contribution < -0.4 is 15.4 Å². The quantitative estimate of drug-likeness (QED) is 0.559. The van der Waals surface area contributed by atoms with Gasteiger partial charge in [-0.25, -0.2) is 9.78 Å². The Balaban J connectivity index is 1.52. The van der Waals surface area contributed by atoms with Crippen LogP contribution in [0.1, 0.15) is 33.1 Å². The summed E-state index contributed by atoms with van der Waals surface area (Å²) in [6.07, 6.45) is 5.71. The maximum atomic E-state index is 12.9. The van der Waals surface area contributed by atoms with Crippen LogP contribution in [-0.4, -0.2) is 53.0 Å². The van der Waals surface area contributed by atoms with Crippen molar-refractivity contribution in [2.24, 2.45) is 11.7 Å². The van der Waals surface area contributed by atoms with Gasteiger partial charge in [-0.1, -0.05) is 31.3 Å². The molecule has 4 rings (SSSR count). The van der Waals surface area contributed by atoms with Gasteiger partial charge in [-0.3, -0.25) is 14.7 Å². The molecule has 1 unspecified atom stereocenters. The number of ether oxygens (including phenoxy) is 1. The summed E-state index contributed by atoms with van der Waals surface area (Å²) in [6.45, 7) is 5.27. The minimum absolute atomic E-state index is 0.0615. The number of anilines is 1. The number of rotatable bonds is 7. The molecule has 0 spiro atoms. The minimum atomic E-state index is -0.610. The minimum Gasteiger partial charge on any atom is -0.495 e. The molecule has 1 atom stereocenters. The number of carbonyl (C=O) groups excluding carboxylic acids is 2. The lowest BCUT2D eigenvalue weighted by Gasteiger charge is -2.28. The second-order valence-electron chi connectivity index (χ2n) is 8.57. The summed E-state index contributed by atoms with van der Waals surface area (Å²) in [7, 11) is 1.61. The number of carbonyl (C=O) groups is 2. The van der Waals surface area contributed by atoms with Gasteiger partial charge in [0.2, 0.25) is 5.91 Å². The van der Waals surface area contributed by atoms with Crippen LogP contribution in [0.4, 0.5) is 9.93 Å². The number of primary amides is 1.